The van der Waals surface area contributed by atoms with E-state index in [0.29, 0.717) is 6.08 Å². The summed E-state index contributed by atoms with van der Waals surface area (Å²) in [5.74, 6) is -4.14. The Morgan fingerprint density at radius 1 is 1.35 bits per heavy atom. The van der Waals surface area contributed by atoms with Gasteiger partial charge in [-0.25, -0.2) is 0 Å². The number of aliphatic carboxylic acids is 2. The number of ether oxygens (including phenoxy) is 1. The molecule has 0 aromatic rings. The average molecular weight is 377 g/mol. The van der Waals surface area contributed by atoms with Gasteiger partial charge < -0.3 is 0 Å². The molecule has 0 heterocycles. The number of hydrogen-bond donors (Lipinski definition) is 2. The predicted molar refractivity (Wildman–Crippen MR) is 52.9 cm³/mol. The molecule has 2 N–H and O–H groups in total. The van der Waals surface area contributed by atoms with Crippen molar-refractivity contribution in [2.24, 2.45) is 0 Å². The van der Waals surface area contributed by atoms with E-state index in [2.05, 4.69) is 4.74 Å². The fourth-order valence-electron chi connectivity index (χ4n) is 0.679. The van der Waals surface area contributed by atoms with Crippen LogP contribution in [-0.4, -0.2) is 39.9 Å². The van der Waals surface area contributed by atoms with Gasteiger partial charge in [0.05, 0.1) is 0 Å². The number of carbonyl (C=O) groups is 4. The number of carboxylic acid groups (broad SMARTS) is 2. The Morgan fingerprint density at radius 3 is 2.47 bits per heavy atom. The molecule has 0 fully saturated rings. The van der Waals surface area contributed by atoms with Gasteiger partial charge in [-0.05, 0) is 0 Å². The van der Waals surface area contributed by atoms with Crippen LogP contribution in [0.2, 0.25) is 0 Å². The molecule has 0 aliphatic rings. The number of hydrogen-bond acceptors (Lipinski definition) is 6. The summed E-state index contributed by atoms with van der Waals surface area (Å²) in [5.41, 5.74) is 0. The fraction of sp³-hybridized carbons (Fsp3) is 0.250. The Kier molecular flexibility index (Phi) is 6.62. The van der Waals surface area contributed by atoms with Gasteiger partial charge in [0.25, 0.3) is 0 Å². The van der Waals surface area contributed by atoms with Gasteiger partial charge in [0, 0.05) is 0 Å². The van der Waals surface area contributed by atoms with Crippen LogP contribution in [0.4, 0.5) is 0 Å². The van der Waals surface area contributed by atoms with Crippen molar-refractivity contribution in [3.05, 3.63) is 12.2 Å². The second-order valence-electron chi connectivity index (χ2n) is 2.59. The summed E-state index contributed by atoms with van der Waals surface area (Å²) in [5, 5.41) is 16.4. The number of esters is 1. The van der Waals surface area contributed by atoms with Crippen LogP contribution < -0.4 is 21.0 Å². The Bertz CT molecular complexity index is 384. The number of halogens is 1. The van der Waals surface area contributed by atoms with Gasteiger partial charge in [0.1, 0.15) is 0 Å². The Labute approximate surface area is 112 Å². The molecule has 17 heavy (non-hydrogen) atoms. The molecule has 0 spiro atoms. The summed E-state index contributed by atoms with van der Waals surface area (Å²) >= 11 is -1.06. The fourth-order valence-corrected chi connectivity index (χ4v) is 1.24. The molecule has 0 unspecified atom stereocenters. The standard InChI is InChI=1S/C8H8IO7S/c9-17-7(13)2-1-6(12)16-4(8(14)15)3-5(10)11/h1-2,4,9H,3H2,(H,10,11)(H,14,15)/q-1/b2-1+/t4-/m0/s1/i9T. The first-order chi connectivity index (χ1) is 8.36. The van der Waals surface area contributed by atoms with E-state index in [4.69, 9.17) is 10.8 Å². The van der Waals surface area contributed by atoms with Gasteiger partial charge in [-0.1, -0.05) is 0 Å². The zero-order valence-electron chi connectivity index (χ0n) is 9.16. The molecular weight excluding hydrogens is 367 g/mol. The topological polar surface area (TPSA) is 118 Å². The van der Waals surface area contributed by atoms with E-state index in [0.717, 1.165) is 15.0 Å². The van der Waals surface area contributed by atoms with Crippen molar-refractivity contribution in [2.45, 2.75) is 12.5 Å². The van der Waals surface area contributed by atoms with Crippen LogP contribution in [-0.2, 0) is 23.9 Å². The molecule has 0 amide bonds. The minimum absolute atomic E-state index is 0.514. The summed E-state index contributed by atoms with van der Waals surface area (Å²) < 4.78 is 11.2. The number of carboxylic acids is 2. The molecule has 1 atom stereocenters. The average Bonchev–Trinajstić information content (AvgIpc) is 2.25. The molecule has 0 rings (SSSR count). The molecule has 0 bridgehead atoms. The van der Waals surface area contributed by atoms with Crippen LogP contribution in [0, 0.1) is 0 Å². The maximum absolute atomic E-state index is 11.1. The minimum atomic E-state index is -1.80. The predicted octanol–water partition coefficient (Wildman–Crippen LogP) is -3.53. The van der Waals surface area contributed by atoms with E-state index in [1.807, 2.05) is 0 Å². The monoisotopic (exact) mass is 377 g/mol. The SMILES string of the molecule is [3H][I-]SC(=O)/C=C/C(=O)O[C@@H](CC(=O)O)C(=O)O. The summed E-state index contributed by atoms with van der Waals surface area (Å²) in [4.78, 5) is 42.8. The Morgan fingerprint density at radius 2 is 2.00 bits per heavy atom. The summed E-state index contributed by atoms with van der Waals surface area (Å²) in [6, 6.07) is 0. The van der Waals surface area contributed by atoms with Gasteiger partial charge in [-0.15, -0.1) is 0 Å². The molecule has 9 heteroatoms. The van der Waals surface area contributed by atoms with Crippen molar-refractivity contribution in [3.63, 3.8) is 0 Å². The van der Waals surface area contributed by atoms with Crippen LogP contribution >= 0.6 is 8.93 Å². The van der Waals surface area contributed by atoms with Crippen molar-refractivity contribution in [1.82, 2.24) is 0 Å². The van der Waals surface area contributed by atoms with Gasteiger partial charge >= 0.3 is 112 Å². The van der Waals surface area contributed by atoms with E-state index in [-0.39, 0.29) is 0 Å². The summed E-state index contributed by atoms with van der Waals surface area (Å²) in [7, 11) is 0.742. The van der Waals surface area contributed by atoms with Crippen molar-refractivity contribution in [3.8, 4) is 0 Å². The van der Waals surface area contributed by atoms with E-state index >= 15 is 0 Å². The second kappa shape index (κ2) is 8.06. The first-order valence-electron chi connectivity index (χ1n) is 4.40. The Balaban J connectivity index is 4.38. The van der Waals surface area contributed by atoms with Crippen LogP contribution in [0.25, 0.3) is 0 Å². The molecule has 7 nitrogen and oxygen atoms in total. The van der Waals surface area contributed by atoms with E-state index in [1.54, 1.807) is 0 Å². The molecule has 96 valence electrons. The van der Waals surface area contributed by atoms with E-state index in [1.165, 1.54) is 0 Å². The summed E-state index contributed by atoms with van der Waals surface area (Å²) in [6.07, 6.45) is -1.12. The third-order valence-corrected chi connectivity index (χ3v) is 2.92. The zero-order valence-corrected chi connectivity index (χ0v) is 11.1. The first-order valence-corrected chi connectivity index (χ1v) is 7.38. The molecule has 0 aliphatic carbocycles. The maximum atomic E-state index is 11.1. The molecule has 0 radical (unpaired) electrons. The van der Waals surface area contributed by atoms with Crippen LogP contribution in [0.15, 0.2) is 12.2 Å². The van der Waals surface area contributed by atoms with Crippen LogP contribution in [0.1, 0.15) is 6.42 Å². The zero-order chi connectivity index (χ0) is 14.1. The van der Waals surface area contributed by atoms with Gasteiger partial charge in [-0.3, -0.25) is 0 Å². The Hall–Kier alpha value is -1.10. The van der Waals surface area contributed by atoms with Crippen molar-refractivity contribution in [1.29, 1.82) is 0.594 Å². The van der Waals surface area contributed by atoms with Crippen LogP contribution in [0.5, 0.6) is 0 Å². The molecule has 0 saturated carbocycles. The van der Waals surface area contributed by atoms with Gasteiger partial charge in [0.15, 0.2) is 0 Å². The molecule has 0 aromatic heterocycles. The molecule has 0 aliphatic heterocycles. The first kappa shape index (κ1) is 14.0. The number of carbonyl (C=O) groups excluding carboxylic acids is 2. The molecule has 0 saturated heterocycles. The van der Waals surface area contributed by atoms with Crippen LogP contribution in [0.3, 0.4) is 0 Å². The van der Waals surface area contributed by atoms with Crippen molar-refractivity contribution in [2.75, 3.05) is 0 Å². The molecule has 0 aromatic carbocycles. The van der Waals surface area contributed by atoms with Crippen molar-refractivity contribution >= 4 is 32.0 Å². The quantitative estimate of drug-likeness (QED) is 0.266. The normalized spacial score (nSPS) is 13.1. The third-order valence-electron chi connectivity index (χ3n) is 1.33. The van der Waals surface area contributed by atoms with Gasteiger partial charge in [-0.2, -0.15) is 0 Å². The summed E-state index contributed by atoms with van der Waals surface area (Å²) in [6.45, 7) is 0. The second-order valence-corrected chi connectivity index (χ2v) is 4.47. The van der Waals surface area contributed by atoms with E-state index < -0.39 is 56.6 Å². The number of rotatable bonds is 7. The molecular formula is C8H8IO7S-. The van der Waals surface area contributed by atoms with Gasteiger partial charge in [0.2, 0.25) is 0 Å². The third kappa shape index (κ3) is 7.74. The van der Waals surface area contributed by atoms with E-state index in [9.17, 15) is 19.2 Å². The van der Waals surface area contributed by atoms with Crippen molar-refractivity contribution < 1.29 is 55.1 Å².